The van der Waals surface area contributed by atoms with E-state index in [2.05, 4.69) is 4.98 Å². The van der Waals surface area contributed by atoms with Gasteiger partial charge >= 0.3 is 0 Å². The van der Waals surface area contributed by atoms with Gasteiger partial charge in [-0.1, -0.05) is 29.8 Å². The molecule has 0 saturated carbocycles. The summed E-state index contributed by atoms with van der Waals surface area (Å²) >= 11 is 7.88. The van der Waals surface area contributed by atoms with Crippen LogP contribution in [0.2, 0.25) is 5.02 Å². The normalized spacial score (nSPS) is 10.7. The zero-order valence-corrected chi connectivity index (χ0v) is 11.1. The van der Waals surface area contributed by atoms with Gasteiger partial charge in [0, 0.05) is 22.5 Å². The van der Waals surface area contributed by atoms with E-state index in [1.807, 2.05) is 30.5 Å². The number of benzene rings is 1. The topological polar surface area (TPSA) is 38.9 Å². The molecule has 0 fully saturated rings. The molecule has 0 bridgehead atoms. The number of thiazole rings is 1. The summed E-state index contributed by atoms with van der Waals surface area (Å²) in [6.45, 7) is 0.734. The summed E-state index contributed by atoms with van der Waals surface area (Å²) in [7, 11) is 0. The number of hydrogen-bond acceptors (Lipinski definition) is 3. The lowest BCUT2D eigenvalue weighted by Crippen LogP contribution is -1.99. The van der Waals surface area contributed by atoms with Gasteiger partial charge in [0.1, 0.15) is 0 Å². The second-order valence-electron chi connectivity index (χ2n) is 3.88. The third kappa shape index (κ3) is 3.53. The highest BCUT2D eigenvalue weighted by molar-refractivity contribution is 7.11. The number of halogens is 1. The van der Waals surface area contributed by atoms with Crippen LogP contribution in [-0.2, 0) is 12.8 Å². The standard InChI is InChI=1S/C13H15ClN2S/c14-12-6-2-1-4-10(12)8-13-16-9-11(17-13)5-3-7-15/h1-2,4,6,9H,3,5,7-8,15H2. The van der Waals surface area contributed by atoms with Gasteiger partial charge < -0.3 is 5.73 Å². The summed E-state index contributed by atoms with van der Waals surface area (Å²) in [4.78, 5) is 5.73. The Hall–Kier alpha value is -0.900. The zero-order chi connectivity index (χ0) is 12.1. The van der Waals surface area contributed by atoms with Crippen LogP contribution in [0.3, 0.4) is 0 Å². The van der Waals surface area contributed by atoms with E-state index >= 15 is 0 Å². The highest BCUT2D eigenvalue weighted by atomic mass is 35.5. The van der Waals surface area contributed by atoms with Crippen molar-refractivity contribution in [1.29, 1.82) is 0 Å². The van der Waals surface area contributed by atoms with E-state index < -0.39 is 0 Å². The van der Waals surface area contributed by atoms with Gasteiger partial charge in [-0.25, -0.2) is 4.98 Å². The maximum absolute atomic E-state index is 6.12. The van der Waals surface area contributed by atoms with Crippen molar-refractivity contribution in [2.75, 3.05) is 6.54 Å². The summed E-state index contributed by atoms with van der Waals surface area (Å²) in [6.07, 6.45) is 4.81. The summed E-state index contributed by atoms with van der Waals surface area (Å²) < 4.78 is 0. The van der Waals surface area contributed by atoms with Crippen molar-refractivity contribution in [3.8, 4) is 0 Å². The molecule has 0 amide bonds. The lowest BCUT2D eigenvalue weighted by Gasteiger charge is -2.00. The fraction of sp³-hybridized carbons (Fsp3) is 0.308. The fourth-order valence-corrected chi connectivity index (χ4v) is 2.82. The van der Waals surface area contributed by atoms with E-state index in [0.29, 0.717) is 0 Å². The van der Waals surface area contributed by atoms with Crippen LogP contribution in [0.25, 0.3) is 0 Å². The van der Waals surface area contributed by atoms with Crippen LogP contribution in [0.15, 0.2) is 30.5 Å². The van der Waals surface area contributed by atoms with Gasteiger partial charge in [0.15, 0.2) is 0 Å². The SMILES string of the molecule is NCCCc1cnc(Cc2ccccc2Cl)s1. The van der Waals surface area contributed by atoms with Crippen LogP contribution in [-0.4, -0.2) is 11.5 Å². The molecule has 4 heteroatoms. The van der Waals surface area contributed by atoms with Crippen molar-refractivity contribution in [2.45, 2.75) is 19.3 Å². The van der Waals surface area contributed by atoms with Crippen molar-refractivity contribution in [1.82, 2.24) is 4.98 Å². The quantitative estimate of drug-likeness (QED) is 0.902. The first-order chi connectivity index (χ1) is 8.29. The van der Waals surface area contributed by atoms with Crippen LogP contribution in [0, 0.1) is 0 Å². The van der Waals surface area contributed by atoms with E-state index in [1.165, 1.54) is 4.88 Å². The Morgan fingerprint density at radius 3 is 2.88 bits per heavy atom. The van der Waals surface area contributed by atoms with Gasteiger partial charge in [-0.05, 0) is 31.0 Å². The summed E-state index contributed by atoms with van der Waals surface area (Å²) in [5.74, 6) is 0. The Balaban J connectivity index is 2.04. The maximum atomic E-state index is 6.12. The van der Waals surface area contributed by atoms with Crippen LogP contribution in [0.1, 0.15) is 21.9 Å². The van der Waals surface area contributed by atoms with Gasteiger partial charge in [0.2, 0.25) is 0 Å². The molecule has 0 aliphatic carbocycles. The maximum Gasteiger partial charge on any atom is 0.0972 e. The molecule has 0 aliphatic rings. The molecule has 90 valence electrons. The number of nitrogens with zero attached hydrogens (tertiary/aromatic N) is 1. The Morgan fingerprint density at radius 2 is 2.12 bits per heavy atom. The highest BCUT2D eigenvalue weighted by Crippen LogP contribution is 2.22. The van der Waals surface area contributed by atoms with Gasteiger partial charge in [-0.3, -0.25) is 0 Å². The Kier molecular flexibility index (Phi) is 4.54. The van der Waals surface area contributed by atoms with E-state index in [1.54, 1.807) is 11.3 Å². The third-order valence-electron chi connectivity index (χ3n) is 2.53. The molecule has 0 aliphatic heterocycles. The summed E-state index contributed by atoms with van der Waals surface area (Å²) in [5, 5.41) is 1.93. The smallest absolute Gasteiger partial charge is 0.0972 e. The molecule has 1 heterocycles. The van der Waals surface area contributed by atoms with Gasteiger partial charge in [-0.15, -0.1) is 11.3 Å². The van der Waals surface area contributed by atoms with Crippen LogP contribution >= 0.6 is 22.9 Å². The number of rotatable bonds is 5. The van der Waals surface area contributed by atoms with Gasteiger partial charge in [-0.2, -0.15) is 0 Å². The molecular formula is C13H15ClN2S. The molecule has 2 rings (SSSR count). The molecule has 0 atom stereocenters. The molecule has 0 spiro atoms. The average molecular weight is 267 g/mol. The van der Waals surface area contributed by atoms with Crippen molar-refractivity contribution in [2.24, 2.45) is 5.73 Å². The lowest BCUT2D eigenvalue weighted by atomic mass is 10.2. The Labute approximate surface area is 110 Å². The second kappa shape index (κ2) is 6.15. The van der Waals surface area contributed by atoms with E-state index in [0.717, 1.165) is 41.4 Å². The number of aromatic nitrogens is 1. The number of aryl methyl sites for hydroxylation is 1. The molecule has 0 unspecified atom stereocenters. The molecular weight excluding hydrogens is 252 g/mol. The monoisotopic (exact) mass is 266 g/mol. The Bertz CT molecular complexity index is 482. The minimum atomic E-state index is 0.734. The van der Waals surface area contributed by atoms with Gasteiger partial charge in [0.25, 0.3) is 0 Å². The zero-order valence-electron chi connectivity index (χ0n) is 9.53. The van der Waals surface area contributed by atoms with E-state index in [-0.39, 0.29) is 0 Å². The lowest BCUT2D eigenvalue weighted by molar-refractivity contribution is 0.841. The van der Waals surface area contributed by atoms with Crippen molar-refractivity contribution in [3.63, 3.8) is 0 Å². The first-order valence-electron chi connectivity index (χ1n) is 5.66. The largest absolute Gasteiger partial charge is 0.330 e. The van der Waals surface area contributed by atoms with E-state index in [4.69, 9.17) is 17.3 Å². The van der Waals surface area contributed by atoms with E-state index in [9.17, 15) is 0 Å². The van der Waals surface area contributed by atoms with Gasteiger partial charge in [0.05, 0.1) is 5.01 Å². The molecule has 1 aromatic carbocycles. The highest BCUT2D eigenvalue weighted by Gasteiger charge is 2.05. The first-order valence-corrected chi connectivity index (χ1v) is 6.86. The van der Waals surface area contributed by atoms with Crippen LogP contribution < -0.4 is 5.73 Å². The number of hydrogen-bond donors (Lipinski definition) is 1. The second-order valence-corrected chi connectivity index (χ2v) is 5.49. The molecule has 0 radical (unpaired) electrons. The van der Waals surface area contributed by atoms with Crippen molar-refractivity contribution < 1.29 is 0 Å². The fourth-order valence-electron chi connectivity index (χ4n) is 1.63. The summed E-state index contributed by atoms with van der Waals surface area (Å²) in [5.41, 5.74) is 6.63. The Morgan fingerprint density at radius 1 is 1.29 bits per heavy atom. The minimum Gasteiger partial charge on any atom is -0.330 e. The van der Waals surface area contributed by atoms with Crippen molar-refractivity contribution >= 4 is 22.9 Å². The average Bonchev–Trinajstić information content (AvgIpc) is 2.77. The predicted octanol–water partition coefficient (Wildman–Crippen LogP) is 3.28. The molecule has 0 saturated heterocycles. The molecule has 2 nitrogen and oxygen atoms in total. The number of nitrogens with two attached hydrogens (primary N) is 1. The molecule has 2 aromatic rings. The van der Waals surface area contributed by atoms with Crippen LogP contribution in [0.5, 0.6) is 0 Å². The molecule has 17 heavy (non-hydrogen) atoms. The van der Waals surface area contributed by atoms with Crippen LogP contribution in [0.4, 0.5) is 0 Å². The molecule has 2 N–H and O–H groups in total. The first kappa shape index (κ1) is 12.6. The molecule has 1 aromatic heterocycles. The predicted molar refractivity (Wildman–Crippen MR) is 73.7 cm³/mol. The van der Waals surface area contributed by atoms with Crippen molar-refractivity contribution in [3.05, 3.63) is 50.9 Å². The third-order valence-corrected chi connectivity index (χ3v) is 3.95. The summed E-state index contributed by atoms with van der Waals surface area (Å²) in [6, 6.07) is 7.91. The minimum absolute atomic E-state index is 0.734.